The van der Waals surface area contributed by atoms with E-state index in [1.54, 1.807) is 24.3 Å². The SMILES string of the molecule is CN(Cc1ccc(C=CC(=O)O)cc1)CC(F)(F)F. The molecule has 0 spiro atoms. The highest BCUT2D eigenvalue weighted by Gasteiger charge is 2.28. The number of carbonyl (C=O) groups is 1. The van der Waals surface area contributed by atoms with Crippen LogP contribution in [0.2, 0.25) is 0 Å². The third-order valence-corrected chi connectivity index (χ3v) is 2.30. The molecule has 0 aliphatic heterocycles. The molecule has 0 fully saturated rings. The summed E-state index contributed by atoms with van der Waals surface area (Å²) >= 11 is 0. The van der Waals surface area contributed by atoms with Crippen LogP contribution in [0, 0.1) is 0 Å². The first-order valence-corrected chi connectivity index (χ1v) is 5.51. The highest BCUT2D eigenvalue weighted by Crippen LogP contribution is 2.17. The second-order valence-corrected chi connectivity index (χ2v) is 4.20. The molecule has 0 saturated carbocycles. The van der Waals surface area contributed by atoms with Crippen LogP contribution in [0.1, 0.15) is 11.1 Å². The average Bonchev–Trinajstić information content (AvgIpc) is 2.25. The molecule has 1 rings (SSSR count). The van der Waals surface area contributed by atoms with E-state index in [9.17, 15) is 18.0 Å². The van der Waals surface area contributed by atoms with Crippen molar-refractivity contribution >= 4 is 12.0 Å². The molecule has 0 aliphatic carbocycles. The number of carboxylic acid groups (broad SMARTS) is 1. The molecule has 0 unspecified atom stereocenters. The Bertz CT molecular complexity index is 452. The maximum Gasteiger partial charge on any atom is 0.401 e. The third-order valence-electron chi connectivity index (χ3n) is 2.30. The van der Waals surface area contributed by atoms with Crippen LogP contribution in [0.25, 0.3) is 6.08 Å². The molecule has 0 bridgehead atoms. The Morgan fingerprint density at radius 1 is 1.32 bits per heavy atom. The Morgan fingerprint density at radius 2 is 1.89 bits per heavy atom. The molecular weight excluding hydrogens is 259 g/mol. The van der Waals surface area contributed by atoms with Gasteiger partial charge in [-0.2, -0.15) is 13.2 Å². The number of halogens is 3. The van der Waals surface area contributed by atoms with E-state index in [0.29, 0.717) is 5.56 Å². The summed E-state index contributed by atoms with van der Waals surface area (Å²) in [5, 5.41) is 8.46. The monoisotopic (exact) mass is 273 g/mol. The van der Waals surface area contributed by atoms with E-state index in [1.165, 1.54) is 18.0 Å². The van der Waals surface area contributed by atoms with Gasteiger partial charge in [0.05, 0.1) is 6.54 Å². The van der Waals surface area contributed by atoms with Crippen LogP contribution in [-0.2, 0) is 11.3 Å². The summed E-state index contributed by atoms with van der Waals surface area (Å²) in [4.78, 5) is 11.5. The van der Waals surface area contributed by atoms with E-state index >= 15 is 0 Å². The first-order valence-electron chi connectivity index (χ1n) is 5.51. The van der Waals surface area contributed by atoms with Crippen LogP contribution in [0.4, 0.5) is 13.2 Å². The number of hydrogen-bond acceptors (Lipinski definition) is 2. The predicted molar refractivity (Wildman–Crippen MR) is 65.5 cm³/mol. The fourth-order valence-corrected chi connectivity index (χ4v) is 1.58. The predicted octanol–water partition coefficient (Wildman–Crippen LogP) is 2.78. The minimum atomic E-state index is -4.21. The van der Waals surface area contributed by atoms with E-state index < -0.39 is 18.7 Å². The van der Waals surface area contributed by atoms with Gasteiger partial charge in [-0.15, -0.1) is 0 Å². The number of carboxylic acids is 1. The molecule has 0 radical (unpaired) electrons. The third kappa shape index (κ3) is 6.61. The van der Waals surface area contributed by atoms with Crippen LogP contribution < -0.4 is 0 Å². The van der Waals surface area contributed by atoms with Gasteiger partial charge in [0.25, 0.3) is 0 Å². The molecule has 1 aromatic carbocycles. The van der Waals surface area contributed by atoms with Gasteiger partial charge in [-0.1, -0.05) is 24.3 Å². The molecular formula is C13H14F3NO2. The summed E-state index contributed by atoms with van der Waals surface area (Å²) in [7, 11) is 1.39. The molecule has 19 heavy (non-hydrogen) atoms. The molecule has 0 aromatic heterocycles. The van der Waals surface area contributed by atoms with Gasteiger partial charge >= 0.3 is 12.1 Å². The van der Waals surface area contributed by atoms with Crippen molar-refractivity contribution in [2.24, 2.45) is 0 Å². The summed E-state index contributed by atoms with van der Waals surface area (Å²) in [6, 6.07) is 6.68. The molecule has 0 amide bonds. The van der Waals surface area contributed by atoms with Gasteiger partial charge in [0.1, 0.15) is 0 Å². The molecule has 1 N–H and O–H groups in total. The van der Waals surface area contributed by atoms with Gasteiger partial charge in [0.15, 0.2) is 0 Å². The number of nitrogens with zero attached hydrogens (tertiary/aromatic N) is 1. The Labute approximate surface area is 109 Å². The van der Waals surface area contributed by atoms with Crippen LogP contribution >= 0.6 is 0 Å². The lowest BCUT2D eigenvalue weighted by Crippen LogP contribution is -2.30. The van der Waals surface area contributed by atoms with Gasteiger partial charge < -0.3 is 5.11 Å². The van der Waals surface area contributed by atoms with Crippen molar-refractivity contribution in [1.29, 1.82) is 0 Å². The average molecular weight is 273 g/mol. The Kier molecular flexibility index (Phi) is 5.11. The van der Waals surface area contributed by atoms with Gasteiger partial charge in [-0.25, -0.2) is 4.79 Å². The van der Waals surface area contributed by atoms with Crippen molar-refractivity contribution in [2.45, 2.75) is 12.7 Å². The summed E-state index contributed by atoms with van der Waals surface area (Å²) in [5.41, 5.74) is 1.42. The lowest BCUT2D eigenvalue weighted by atomic mass is 10.1. The standard InChI is InChI=1S/C13H14F3NO2/c1-17(9-13(14,15)16)8-11-4-2-10(3-5-11)6-7-12(18)19/h2-7H,8-9H2,1H3,(H,18,19). The van der Waals surface area contributed by atoms with Crippen molar-refractivity contribution in [2.75, 3.05) is 13.6 Å². The van der Waals surface area contributed by atoms with Crippen molar-refractivity contribution in [3.8, 4) is 0 Å². The zero-order chi connectivity index (χ0) is 14.5. The van der Waals surface area contributed by atoms with Crippen LogP contribution in [-0.4, -0.2) is 35.7 Å². The molecule has 0 saturated heterocycles. The van der Waals surface area contributed by atoms with E-state index in [-0.39, 0.29) is 6.54 Å². The molecule has 0 atom stereocenters. The van der Waals surface area contributed by atoms with Crippen molar-refractivity contribution in [3.63, 3.8) is 0 Å². The number of alkyl halides is 3. The zero-order valence-corrected chi connectivity index (χ0v) is 10.3. The first kappa shape index (κ1) is 15.2. The number of hydrogen-bond donors (Lipinski definition) is 1. The fourth-order valence-electron chi connectivity index (χ4n) is 1.58. The number of benzene rings is 1. The maximum atomic E-state index is 12.1. The van der Waals surface area contributed by atoms with E-state index in [2.05, 4.69) is 0 Å². The zero-order valence-electron chi connectivity index (χ0n) is 10.3. The molecule has 0 heterocycles. The summed E-state index contributed by atoms with van der Waals surface area (Å²) in [6.45, 7) is -0.782. The normalized spacial score (nSPS) is 12.3. The minimum absolute atomic E-state index is 0.183. The number of aliphatic carboxylic acids is 1. The lowest BCUT2D eigenvalue weighted by molar-refractivity contribution is -0.144. The second-order valence-electron chi connectivity index (χ2n) is 4.20. The summed E-state index contributed by atoms with van der Waals surface area (Å²) in [5.74, 6) is -1.05. The van der Waals surface area contributed by atoms with E-state index in [0.717, 1.165) is 11.6 Å². The van der Waals surface area contributed by atoms with Crippen molar-refractivity contribution in [1.82, 2.24) is 4.90 Å². The van der Waals surface area contributed by atoms with Crippen LogP contribution in [0.15, 0.2) is 30.3 Å². The topological polar surface area (TPSA) is 40.5 Å². The second kappa shape index (κ2) is 6.38. The molecule has 1 aromatic rings. The summed E-state index contributed by atoms with van der Waals surface area (Å²) in [6.07, 6.45) is -1.78. The van der Waals surface area contributed by atoms with Crippen molar-refractivity contribution < 1.29 is 23.1 Å². The van der Waals surface area contributed by atoms with Gasteiger partial charge in [-0.05, 0) is 24.3 Å². The van der Waals surface area contributed by atoms with E-state index in [4.69, 9.17) is 5.11 Å². The largest absolute Gasteiger partial charge is 0.478 e. The minimum Gasteiger partial charge on any atom is -0.478 e. The van der Waals surface area contributed by atoms with Crippen LogP contribution in [0.5, 0.6) is 0 Å². The summed E-state index contributed by atoms with van der Waals surface area (Å²) < 4.78 is 36.4. The van der Waals surface area contributed by atoms with E-state index in [1.807, 2.05) is 0 Å². The maximum absolute atomic E-state index is 12.1. The smallest absolute Gasteiger partial charge is 0.401 e. The van der Waals surface area contributed by atoms with Crippen molar-refractivity contribution in [3.05, 3.63) is 41.5 Å². The first-order chi connectivity index (χ1) is 8.76. The number of rotatable bonds is 5. The molecule has 6 heteroatoms. The Hall–Kier alpha value is -1.82. The highest BCUT2D eigenvalue weighted by atomic mass is 19.4. The van der Waals surface area contributed by atoms with Gasteiger partial charge in [0, 0.05) is 12.6 Å². The van der Waals surface area contributed by atoms with Gasteiger partial charge in [-0.3, -0.25) is 4.90 Å². The lowest BCUT2D eigenvalue weighted by Gasteiger charge is -2.18. The fraction of sp³-hybridized carbons (Fsp3) is 0.308. The Balaban J connectivity index is 2.59. The molecule has 0 aliphatic rings. The van der Waals surface area contributed by atoms with Gasteiger partial charge in [0.2, 0.25) is 0 Å². The molecule has 104 valence electrons. The Morgan fingerprint density at radius 3 is 2.37 bits per heavy atom. The quantitative estimate of drug-likeness (QED) is 0.839. The van der Waals surface area contributed by atoms with Crippen LogP contribution in [0.3, 0.4) is 0 Å². The highest BCUT2D eigenvalue weighted by molar-refractivity contribution is 5.85. The molecule has 3 nitrogen and oxygen atoms in total.